The van der Waals surface area contributed by atoms with E-state index < -0.39 is 21.9 Å². The summed E-state index contributed by atoms with van der Waals surface area (Å²) in [6.45, 7) is 4.33. The molecule has 0 radical (unpaired) electrons. The summed E-state index contributed by atoms with van der Waals surface area (Å²) in [7, 11) is -3.73. The minimum Gasteiger partial charge on any atom is -0.395 e. The van der Waals surface area contributed by atoms with Gasteiger partial charge in [0.15, 0.2) is 0 Å². The first kappa shape index (κ1) is 14.1. The van der Waals surface area contributed by atoms with Crippen molar-refractivity contribution in [1.29, 1.82) is 0 Å². The van der Waals surface area contributed by atoms with Crippen molar-refractivity contribution < 1.29 is 17.9 Å². The molecule has 4 nitrogen and oxygen atoms in total. The van der Waals surface area contributed by atoms with Gasteiger partial charge < -0.3 is 5.11 Å². The van der Waals surface area contributed by atoms with Crippen LogP contribution in [0.3, 0.4) is 0 Å². The fourth-order valence-corrected chi connectivity index (χ4v) is 3.37. The number of hydrogen-bond acceptors (Lipinski definition) is 3. The van der Waals surface area contributed by atoms with Crippen LogP contribution in [0.1, 0.15) is 18.1 Å². The number of rotatable bonds is 4. The maximum absolute atomic E-state index is 13.1. The van der Waals surface area contributed by atoms with Crippen LogP contribution in [0.15, 0.2) is 17.0 Å². The van der Waals surface area contributed by atoms with Crippen LogP contribution in [0, 0.1) is 19.7 Å². The van der Waals surface area contributed by atoms with Crippen LogP contribution in [-0.2, 0) is 10.0 Å². The second-order valence-corrected chi connectivity index (χ2v) is 5.72. The van der Waals surface area contributed by atoms with Crippen molar-refractivity contribution in [3.8, 4) is 0 Å². The van der Waals surface area contributed by atoms with E-state index in [9.17, 15) is 12.8 Å². The lowest BCUT2D eigenvalue weighted by Gasteiger charge is -2.15. The molecule has 1 aromatic carbocycles. The van der Waals surface area contributed by atoms with Gasteiger partial charge in [0.25, 0.3) is 0 Å². The van der Waals surface area contributed by atoms with Crippen molar-refractivity contribution in [3.63, 3.8) is 0 Å². The molecule has 17 heavy (non-hydrogen) atoms. The Morgan fingerprint density at radius 1 is 1.35 bits per heavy atom. The molecular weight excluding hydrogens is 245 g/mol. The van der Waals surface area contributed by atoms with Gasteiger partial charge >= 0.3 is 0 Å². The number of aryl methyl sites for hydroxylation is 2. The molecule has 1 unspecified atom stereocenters. The lowest BCUT2D eigenvalue weighted by Crippen LogP contribution is -2.35. The number of nitrogens with one attached hydrogen (secondary N) is 1. The van der Waals surface area contributed by atoms with Gasteiger partial charge in [-0.1, -0.05) is 0 Å². The third-order valence-electron chi connectivity index (χ3n) is 2.32. The van der Waals surface area contributed by atoms with Gasteiger partial charge in [0.1, 0.15) is 5.82 Å². The van der Waals surface area contributed by atoms with E-state index >= 15 is 0 Å². The average Bonchev–Trinajstić information content (AvgIpc) is 2.14. The minimum atomic E-state index is -3.73. The maximum atomic E-state index is 13.1. The maximum Gasteiger partial charge on any atom is 0.241 e. The van der Waals surface area contributed by atoms with E-state index in [4.69, 9.17) is 5.11 Å². The Morgan fingerprint density at radius 2 is 1.82 bits per heavy atom. The molecule has 6 heteroatoms. The van der Waals surface area contributed by atoms with E-state index in [-0.39, 0.29) is 11.5 Å². The zero-order chi connectivity index (χ0) is 13.2. The van der Waals surface area contributed by atoms with Crippen LogP contribution < -0.4 is 4.72 Å². The summed E-state index contributed by atoms with van der Waals surface area (Å²) < 4.78 is 39.4. The molecule has 0 saturated carbocycles. The minimum absolute atomic E-state index is 0.0687. The molecule has 0 aliphatic rings. The molecule has 0 spiro atoms. The van der Waals surface area contributed by atoms with E-state index in [1.165, 1.54) is 26.0 Å². The molecule has 0 aliphatic heterocycles. The third-order valence-corrected chi connectivity index (χ3v) is 4.22. The number of halogens is 1. The highest BCUT2D eigenvalue weighted by molar-refractivity contribution is 7.89. The quantitative estimate of drug-likeness (QED) is 0.853. The number of aliphatic hydroxyl groups is 1. The summed E-state index contributed by atoms with van der Waals surface area (Å²) in [6, 6.07) is 1.76. The summed E-state index contributed by atoms with van der Waals surface area (Å²) >= 11 is 0. The smallest absolute Gasteiger partial charge is 0.241 e. The van der Waals surface area contributed by atoms with Crippen LogP contribution >= 0.6 is 0 Å². The molecule has 2 N–H and O–H groups in total. The van der Waals surface area contributed by atoms with Gasteiger partial charge in [-0.15, -0.1) is 0 Å². The predicted molar refractivity (Wildman–Crippen MR) is 62.7 cm³/mol. The highest BCUT2D eigenvalue weighted by atomic mass is 32.2. The highest BCUT2D eigenvalue weighted by Crippen LogP contribution is 2.21. The Hall–Kier alpha value is -0.980. The molecule has 0 fully saturated rings. The Morgan fingerprint density at radius 3 is 2.24 bits per heavy atom. The normalized spacial score (nSPS) is 13.7. The van der Waals surface area contributed by atoms with Crippen molar-refractivity contribution in [2.24, 2.45) is 0 Å². The molecule has 1 atom stereocenters. The Labute approximate surface area is 101 Å². The van der Waals surface area contributed by atoms with E-state index in [2.05, 4.69) is 4.72 Å². The van der Waals surface area contributed by atoms with Crippen molar-refractivity contribution in [2.75, 3.05) is 6.61 Å². The van der Waals surface area contributed by atoms with Gasteiger partial charge in [-0.2, -0.15) is 0 Å². The molecule has 0 bridgehead atoms. The van der Waals surface area contributed by atoms with Crippen LogP contribution in [0.5, 0.6) is 0 Å². The predicted octanol–water partition coefficient (Wildman–Crippen LogP) is 1.10. The van der Waals surface area contributed by atoms with Gasteiger partial charge in [-0.05, 0) is 44.0 Å². The first-order valence-electron chi connectivity index (χ1n) is 5.18. The second kappa shape index (κ2) is 5.12. The number of benzene rings is 1. The lowest BCUT2D eigenvalue weighted by molar-refractivity contribution is 0.265. The largest absolute Gasteiger partial charge is 0.395 e. The van der Waals surface area contributed by atoms with Crippen molar-refractivity contribution in [1.82, 2.24) is 4.72 Å². The summed E-state index contributed by atoms with van der Waals surface area (Å²) in [6.07, 6.45) is 0. The van der Waals surface area contributed by atoms with E-state index in [1.54, 1.807) is 6.92 Å². The average molecular weight is 261 g/mol. The zero-order valence-electron chi connectivity index (χ0n) is 9.99. The van der Waals surface area contributed by atoms with Crippen molar-refractivity contribution in [2.45, 2.75) is 31.7 Å². The number of hydrogen-bond donors (Lipinski definition) is 2. The third kappa shape index (κ3) is 3.24. The van der Waals surface area contributed by atoms with Gasteiger partial charge in [-0.25, -0.2) is 17.5 Å². The van der Waals surface area contributed by atoms with Gasteiger partial charge in [0, 0.05) is 6.04 Å². The van der Waals surface area contributed by atoms with Crippen LogP contribution in [0.25, 0.3) is 0 Å². The molecule has 0 aromatic heterocycles. The molecule has 0 heterocycles. The van der Waals surface area contributed by atoms with E-state index in [1.807, 2.05) is 0 Å². The highest BCUT2D eigenvalue weighted by Gasteiger charge is 2.21. The Bertz CT molecular complexity index is 490. The Kier molecular flexibility index (Phi) is 4.24. The lowest BCUT2D eigenvalue weighted by atomic mass is 10.1. The van der Waals surface area contributed by atoms with E-state index in [0.29, 0.717) is 11.1 Å². The number of sulfonamides is 1. The molecule has 96 valence electrons. The van der Waals surface area contributed by atoms with Crippen LogP contribution in [-0.4, -0.2) is 26.2 Å². The van der Waals surface area contributed by atoms with Crippen molar-refractivity contribution in [3.05, 3.63) is 29.1 Å². The molecule has 0 saturated heterocycles. The first-order chi connectivity index (χ1) is 7.77. The Balaban J connectivity index is 3.25. The molecule has 1 aromatic rings. The molecule has 1 rings (SSSR count). The molecular formula is C11H16FNO3S. The second-order valence-electron chi connectivity index (χ2n) is 4.07. The van der Waals surface area contributed by atoms with Gasteiger partial charge in [-0.3, -0.25) is 0 Å². The van der Waals surface area contributed by atoms with Gasteiger partial charge in [0.05, 0.1) is 11.5 Å². The summed E-state index contributed by atoms with van der Waals surface area (Å²) in [4.78, 5) is 0.0687. The molecule has 0 amide bonds. The van der Waals surface area contributed by atoms with Crippen molar-refractivity contribution >= 4 is 10.0 Å². The SMILES string of the molecule is Cc1cc(F)cc(C)c1S(=O)(=O)NC(C)CO. The topological polar surface area (TPSA) is 66.4 Å². The van der Waals surface area contributed by atoms with Crippen LogP contribution in [0.2, 0.25) is 0 Å². The summed E-state index contributed by atoms with van der Waals surface area (Å²) in [5, 5.41) is 8.84. The summed E-state index contributed by atoms with van der Waals surface area (Å²) in [5.74, 6) is -0.464. The van der Waals surface area contributed by atoms with E-state index in [0.717, 1.165) is 0 Å². The fourth-order valence-electron chi connectivity index (χ4n) is 1.68. The molecule has 0 aliphatic carbocycles. The first-order valence-corrected chi connectivity index (χ1v) is 6.66. The zero-order valence-corrected chi connectivity index (χ0v) is 10.8. The monoisotopic (exact) mass is 261 g/mol. The van der Waals surface area contributed by atoms with Crippen LogP contribution in [0.4, 0.5) is 4.39 Å². The standard InChI is InChI=1S/C11H16FNO3S/c1-7-4-10(12)5-8(2)11(7)17(15,16)13-9(3)6-14/h4-5,9,13-14H,6H2,1-3H3. The number of aliphatic hydroxyl groups excluding tert-OH is 1. The summed E-state index contributed by atoms with van der Waals surface area (Å²) in [5.41, 5.74) is 0.695. The van der Waals surface area contributed by atoms with Gasteiger partial charge in [0.2, 0.25) is 10.0 Å². The fraction of sp³-hybridized carbons (Fsp3) is 0.455.